The van der Waals surface area contributed by atoms with Gasteiger partial charge in [0.05, 0.1) is 16.6 Å². The average molecular weight is 285 g/mol. The summed E-state index contributed by atoms with van der Waals surface area (Å²) in [4.78, 5) is 0. The molecular formula is C10H10BrFN4. The summed E-state index contributed by atoms with van der Waals surface area (Å²) in [6.07, 6.45) is 0. The topological polar surface area (TPSA) is 56.7 Å². The minimum atomic E-state index is -0.346. The van der Waals surface area contributed by atoms with Crippen LogP contribution in [0.4, 0.5) is 4.39 Å². The Morgan fingerprint density at radius 3 is 2.81 bits per heavy atom. The highest BCUT2D eigenvalue weighted by Crippen LogP contribution is 2.26. The first-order chi connectivity index (χ1) is 7.65. The van der Waals surface area contributed by atoms with Crippen molar-refractivity contribution in [1.82, 2.24) is 14.8 Å². The Kier molecular flexibility index (Phi) is 3.02. The van der Waals surface area contributed by atoms with Crippen LogP contribution in [-0.4, -0.2) is 14.8 Å². The molecule has 2 rings (SSSR count). The molecule has 0 spiro atoms. The van der Waals surface area contributed by atoms with Gasteiger partial charge in [-0.1, -0.05) is 6.07 Å². The Balaban J connectivity index is 2.59. The normalized spacial score (nSPS) is 10.8. The summed E-state index contributed by atoms with van der Waals surface area (Å²) in [5, 5.41) is 7.82. The highest BCUT2D eigenvalue weighted by molar-refractivity contribution is 9.10. The maximum absolute atomic E-state index is 13.8. The van der Waals surface area contributed by atoms with Crippen molar-refractivity contribution in [3.63, 3.8) is 0 Å². The molecule has 0 radical (unpaired) electrons. The standard InChI is InChI=1S/C10H10BrFN4/c1-16-8(5-13)14-15-10(16)6-3-2-4-7(11)9(6)12/h2-4H,5,13H2,1H3. The van der Waals surface area contributed by atoms with Crippen LogP contribution < -0.4 is 5.73 Å². The number of aromatic nitrogens is 3. The molecule has 0 atom stereocenters. The van der Waals surface area contributed by atoms with Crippen LogP contribution in [0, 0.1) is 5.82 Å². The molecule has 1 aromatic carbocycles. The summed E-state index contributed by atoms with van der Waals surface area (Å²) in [7, 11) is 1.76. The van der Waals surface area contributed by atoms with Gasteiger partial charge in [0.15, 0.2) is 5.82 Å². The van der Waals surface area contributed by atoms with E-state index in [2.05, 4.69) is 26.1 Å². The van der Waals surface area contributed by atoms with Gasteiger partial charge in [0, 0.05) is 7.05 Å². The summed E-state index contributed by atoms with van der Waals surface area (Å²) >= 11 is 3.13. The molecule has 6 heteroatoms. The number of halogens is 2. The Hall–Kier alpha value is -1.27. The van der Waals surface area contributed by atoms with Gasteiger partial charge in [-0.05, 0) is 28.1 Å². The van der Waals surface area contributed by atoms with Gasteiger partial charge in [-0.25, -0.2) is 4.39 Å². The van der Waals surface area contributed by atoms with Crippen LogP contribution in [0.15, 0.2) is 22.7 Å². The van der Waals surface area contributed by atoms with Crippen molar-refractivity contribution in [2.45, 2.75) is 6.54 Å². The lowest BCUT2D eigenvalue weighted by molar-refractivity contribution is 0.622. The SMILES string of the molecule is Cn1c(CN)nnc1-c1cccc(Br)c1F. The predicted octanol–water partition coefficient (Wildman–Crippen LogP) is 1.84. The van der Waals surface area contributed by atoms with E-state index in [0.29, 0.717) is 21.7 Å². The van der Waals surface area contributed by atoms with Gasteiger partial charge in [0.2, 0.25) is 0 Å². The highest BCUT2D eigenvalue weighted by Gasteiger charge is 2.14. The Labute approximate surface area is 100 Å². The maximum atomic E-state index is 13.8. The van der Waals surface area contributed by atoms with Crippen molar-refractivity contribution in [1.29, 1.82) is 0 Å². The molecule has 1 heterocycles. The van der Waals surface area contributed by atoms with E-state index in [1.54, 1.807) is 29.8 Å². The number of benzene rings is 1. The summed E-state index contributed by atoms with van der Waals surface area (Å²) < 4.78 is 15.9. The second-order valence-electron chi connectivity index (χ2n) is 3.30. The fourth-order valence-electron chi connectivity index (χ4n) is 1.45. The molecule has 2 aromatic rings. The molecule has 0 saturated heterocycles. The van der Waals surface area contributed by atoms with Gasteiger partial charge in [-0.2, -0.15) is 0 Å². The third-order valence-corrected chi connectivity index (χ3v) is 2.95. The van der Waals surface area contributed by atoms with E-state index in [-0.39, 0.29) is 12.4 Å². The molecule has 16 heavy (non-hydrogen) atoms. The van der Waals surface area contributed by atoms with Crippen molar-refractivity contribution in [3.05, 3.63) is 34.3 Å². The fraction of sp³-hybridized carbons (Fsp3) is 0.200. The van der Waals surface area contributed by atoms with Gasteiger partial charge in [0.1, 0.15) is 11.6 Å². The van der Waals surface area contributed by atoms with Gasteiger partial charge >= 0.3 is 0 Å². The quantitative estimate of drug-likeness (QED) is 0.916. The second kappa shape index (κ2) is 4.31. The van der Waals surface area contributed by atoms with E-state index < -0.39 is 0 Å². The highest BCUT2D eigenvalue weighted by atomic mass is 79.9. The Morgan fingerprint density at radius 2 is 2.19 bits per heavy atom. The molecular weight excluding hydrogens is 275 g/mol. The lowest BCUT2D eigenvalue weighted by Crippen LogP contribution is -2.05. The molecule has 0 aliphatic heterocycles. The van der Waals surface area contributed by atoms with Crippen LogP contribution in [0.1, 0.15) is 5.82 Å². The zero-order valence-corrected chi connectivity index (χ0v) is 10.2. The molecule has 0 fully saturated rings. The van der Waals surface area contributed by atoms with Gasteiger partial charge in [-0.3, -0.25) is 0 Å². The number of rotatable bonds is 2. The minimum absolute atomic E-state index is 0.277. The second-order valence-corrected chi connectivity index (χ2v) is 4.16. The van der Waals surface area contributed by atoms with Crippen LogP contribution in [0.2, 0.25) is 0 Å². The minimum Gasteiger partial charge on any atom is -0.324 e. The predicted molar refractivity (Wildman–Crippen MR) is 62.0 cm³/mol. The smallest absolute Gasteiger partial charge is 0.166 e. The van der Waals surface area contributed by atoms with Crippen LogP contribution in [0.5, 0.6) is 0 Å². The molecule has 0 aliphatic carbocycles. The molecule has 0 unspecified atom stereocenters. The molecule has 0 bridgehead atoms. The summed E-state index contributed by atoms with van der Waals surface area (Å²) in [5.41, 5.74) is 5.89. The van der Waals surface area contributed by atoms with Gasteiger partial charge in [-0.15, -0.1) is 10.2 Å². The number of hydrogen-bond acceptors (Lipinski definition) is 3. The first-order valence-electron chi connectivity index (χ1n) is 4.68. The number of nitrogens with two attached hydrogens (primary N) is 1. The first-order valence-corrected chi connectivity index (χ1v) is 5.47. The number of nitrogens with zero attached hydrogens (tertiary/aromatic N) is 3. The maximum Gasteiger partial charge on any atom is 0.166 e. The molecule has 0 saturated carbocycles. The van der Waals surface area contributed by atoms with Crippen LogP contribution in [-0.2, 0) is 13.6 Å². The lowest BCUT2D eigenvalue weighted by Gasteiger charge is -2.04. The first kappa shape index (κ1) is 11.2. The Morgan fingerprint density at radius 1 is 1.44 bits per heavy atom. The van der Waals surface area contributed by atoms with E-state index >= 15 is 0 Å². The van der Waals surface area contributed by atoms with Crippen molar-refractivity contribution < 1.29 is 4.39 Å². The van der Waals surface area contributed by atoms with Crippen molar-refractivity contribution in [2.24, 2.45) is 12.8 Å². The van der Waals surface area contributed by atoms with Crippen LogP contribution >= 0.6 is 15.9 Å². The van der Waals surface area contributed by atoms with Crippen molar-refractivity contribution >= 4 is 15.9 Å². The molecule has 84 valence electrons. The average Bonchev–Trinajstić information content (AvgIpc) is 2.64. The lowest BCUT2D eigenvalue weighted by atomic mass is 10.2. The summed E-state index contributed by atoms with van der Waals surface area (Å²) in [6.45, 7) is 0.277. The van der Waals surface area contributed by atoms with E-state index in [0.717, 1.165) is 0 Å². The zero-order valence-electron chi connectivity index (χ0n) is 8.61. The van der Waals surface area contributed by atoms with E-state index in [1.165, 1.54) is 0 Å². The van der Waals surface area contributed by atoms with E-state index in [1.807, 2.05) is 0 Å². The van der Waals surface area contributed by atoms with Gasteiger partial charge < -0.3 is 10.3 Å². The molecule has 2 N–H and O–H groups in total. The summed E-state index contributed by atoms with van der Waals surface area (Å²) in [6, 6.07) is 5.04. The van der Waals surface area contributed by atoms with Crippen molar-refractivity contribution in [3.8, 4) is 11.4 Å². The van der Waals surface area contributed by atoms with Crippen molar-refractivity contribution in [2.75, 3.05) is 0 Å². The fourth-order valence-corrected chi connectivity index (χ4v) is 1.82. The van der Waals surface area contributed by atoms with E-state index in [9.17, 15) is 4.39 Å². The van der Waals surface area contributed by atoms with E-state index in [4.69, 9.17) is 5.73 Å². The number of hydrogen-bond donors (Lipinski definition) is 1. The molecule has 0 amide bonds. The van der Waals surface area contributed by atoms with Crippen LogP contribution in [0.3, 0.4) is 0 Å². The van der Waals surface area contributed by atoms with Gasteiger partial charge in [0.25, 0.3) is 0 Å². The summed E-state index contributed by atoms with van der Waals surface area (Å²) in [5.74, 6) is 0.746. The third-order valence-electron chi connectivity index (χ3n) is 2.34. The molecule has 0 aliphatic rings. The molecule has 1 aromatic heterocycles. The molecule has 4 nitrogen and oxygen atoms in total. The van der Waals surface area contributed by atoms with Crippen LogP contribution in [0.25, 0.3) is 11.4 Å². The zero-order chi connectivity index (χ0) is 11.7. The largest absolute Gasteiger partial charge is 0.324 e. The Bertz CT molecular complexity index is 524. The third kappa shape index (κ3) is 1.74. The monoisotopic (exact) mass is 284 g/mol.